The Morgan fingerprint density at radius 3 is 2.34 bits per heavy atom. The van der Waals surface area contributed by atoms with Crippen molar-refractivity contribution in [3.8, 4) is 22.8 Å². The molecule has 0 aliphatic carbocycles. The maximum Gasteiger partial charge on any atom is 0.512 e. The molecule has 2 N–H and O–H groups in total. The van der Waals surface area contributed by atoms with Gasteiger partial charge in [0, 0.05) is 53.6 Å². The van der Waals surface area contributed by atoms with E-state index in [0.29, 0.717) is 67.8 Å². The number of H-pyrrole nitrogens is 1. The van der Waals surface area contributed by atoms with Crippen molar-refractivity contribution < 1.29 is 27.8 Å². The maximum absolute atomic E-state index is 13.9. The van der Waals surface area contributed by atoms with Crippen LogP contribution in [0.4, 0.5) is 4.79 Å². The fraction of sp³-hybridized carbons (Fsp3) is 0.265. The molecule has 4 aromatic carbocycles. The molecule has 0 bridgehead atoms. The average molecular weight is 614 g/mol. The number of nitrogens with one attached hydrogen (secondary N) is 1. The lowest BCUT2D eigenvalue weighted by Gasteiger charge is -2.33. The van der Waals surface area contributed by atoms with Crippen molar-refractivity contribution in [2.24, 2.45) is 0 Å². The molecule has 10 heteroatoms. The van der Waals surface area contributed by atoms with Crippen LogP contribution in [0.1, 0.15) is 18.9 Å². The summed E-state index contributed by atoms with van der Waals surface area (Å²) in [5.74, 6) is 0.918. The molecular weight excluding hydrogens is 578 g/mol. The first-order valence-electron chi connectivity index (χ1n) is 14.8. The predicted octanol–water partition coefficient (Wildman–Crippen LogP) is 6.38. The molecule has 1 aliphatic heterocycles. The second-order valence-corrected chi connectivity index (χ2v) is 12.7. The number of piperazine rings is 1. The molecule has 44 heavy (non-hydrogen) atoms. The number of rotatable bonds is 10. The molecule has 0 saturated carbocycles. The van der Waals surface area contributed by atoms with Gasteiger partial charge >= 0.3 is 6.16 Å². The number of aromatic nitrogens is 1. The number of hydrogen-bond acceptors (Lipinski definition) is 6. The second kappa shape index (κ2) is 12.7. The summed E-state index contributed by atoms with van der Waals surface area (Å²) in [7, 11) is -3.77. The van der Waals surface area contributed by atoms with E-state index in [1.807, 2.05) is 66.7 Å². The van der Waals surface area contributed by atoms with Crippen molar-refractivity contribution in [2.75, 3.05) is 39.3 Å². The third kappa shape index (κ3) is 5.88. The Morgan fingerprint density at radius 2 is 1.55 bits per heavy atom. The molecule has 2 heterocycles. The molecule has 1 aliphatic rings. The zero-order chi connectivity index (χ0) is 30.7. The van der Waals surface area contributed by atoms with Crippen molar-refractivity contribution >= 4 is 37.9 Å². The van der Waals surface area contributed by atoms with Crippen molar-refractivity contribution in [2.45, 2.75) is 24.7 Å². The van der Waals surface area contributed by atoms with Gasteiger partial charge in [-0.1, -0.05) is 79.7 Å². The van der Waals surface area contributed by atoms with Crippen LogP contribution in [0.3, 0.4) is 0 Å². The lowest BCUT2D eigenvalue weighted by molar-refractivity contribution is 0.142. The van der Waals surface area contributed by atoms with Crippen LogP contribution in [-0.2, 0) is 16.4 Å². The number of fused-ring (bicyclic) bond motifs is 2. The molecule has 5 aromatic rings. The van der Waals surface area contributed by atoms with Gasteiger partial charge in [-0.2, -0.15) is 4.31 Å². The van der Waals surface area contributed by atoms with Crippen LogP contribution >= 0.6 is 0 Å². The number of likely N-dealkylation sites (N-methyl/N-ethyl adjacent to an activating group) is 1. The van der Waals surface area contributed by atoms with E-state index in [1.54, 1.807) is 22.5 Å². The van der Waals surface area contributed by atoms with Crippen molar-refractivity contribution in [1.29, 1.82) is 0 Å². The summed E-state index contributed by atoms with van der Waals surface area (Å²) in [6, 6.07) is 26.5. The summed E-state index contributed by atoms with van der Waals surface area (Å²) in [6.45, 7) is 5.61. The Hall–Kier alpha value is -4.38. The summed E-state index contributed by atoms with van der Waals surface area (Å²) in [5.41, 5.74) is 2.52. The lowest BCUT2D eigenvalue weighted by atomic mass is 10.0. The largest absolute Gasteiger partial charge is 0.512 e. The van der Waals surface area contributed by atoms with Crippen molar-refractivity contribution in [1.82, 2.24) is 14.2 Å². The molecule has 6 rings (SSSR count). The van der Waals surface area contributed by atoms with Gasteiger partial charge < -0.3 is 24.5 Å². The summed E-state index contributed by atoms with van der Waals surface area (Å²) in [6.07, 6.45) is -0.343. The Balaban J connectivity index is 1.30. The molecule has 228 valence electrons. The third-order valence-corrected chi connectivity index (χ3v) is 10.2. The number of para-hydroxylation sites is 1. The fourth-order valence-corrected chi connectivity index (χ4v) is 7.62. The Morgan fingerprint density at radius 1 is 0.864 bits per heavy atom. The van der Waals surface area contributed by atoms with Crippen LogP contribution in [0.15, 0.2) is 89.8 Å². The van der Waals surface area contributed by atoms with E-state index in [-0.39, 0.29) is 10.8 Å². The van der Waals surface area contributed by atoms with Gasteiger partial charge in [-0.15, -0.1) is 0 Å². The quantitative estimate of drug-likeness (QED) is 0.139. The standard InChI is InChI=1S/C34H35N3O6S/c1-2-36-19-21-37(22-20-36)44(40,41)31-18-6-5-13-26(31)27-14-8-15-28-29(33(35-32(27)28)43-34(38)39)16-9-23-42-30-17-7-11-24-10-3-4-12-25(24)30/h3-8,10-15,17-18,35H,2,9,16,19-23H2,1H3,(H,38,39). The monoisotopic (exact) mass is 613 g/mol. The van der Waals surface area contributed by atoms with Gasteiger partial charge in [-0.05, 0) is 36.9 Å². The van der Waals surface area contributed by atoms with Crippen LogP contribution < -0.4 is 9.47 Å². The van der Waals surface area contributed by atoms with E-state index in [9.17, 15) is 18.3 Å². The highest BCUT2D eigenvalue weighted by Crippen LogP contribution is 2.39. The zero-order valence-corrected chi connectivity index (χ0v) is 25.3. The van der Waals surface area contributed by atoms with Crippen LogP contribution in [0, 0.1) is 0 Å². The average Bonchev–Trinajstić information content (AvgIpc) is 3.39. The predicted molar refractivity (Wildman–Crippen MR) is 171 cm³/mol. The van der Waals surface area contributed by atoms with Gasteiger partial charge in [0.1, 0.15) is 5.75 Å². The number of carboxylic acid groups (broad SMARTS) is 1. The van der Waals surface area contributed by atoms with Gasteiger partial charge in [0.25, 0.3) is 0 Å². The lowest BCUT2D eigenvalue weighted by Crippen LogP contribution is -2.48. The van der Waals surface area contributed by atoms with Crippen molar-refractivity contribution in [3.63, 3.8) is 0 Å². The first kappa shape index (κ1) is 29.7. The molecule has 0 atom stereocenters. The first-order valence-corrected chi connectivity index (χ1v) is 16.3. The summed E-state index contributed by atoms with van der Waals surface area (Å²) in [4.78, 5) is 17.3. The minimum Gasteiger partial charge on any atom is -0.493 e. The normalized spacial score (nSPS) is 14.7. The van der Waals surface area contributed by atoms with Crippen LogP contribution in [0.5, 0.6) is 11.6 Å². The van der Waals surface area contributed by atoms with E-state index in [2.05, 4.69) is 16.8 Å². The molecule has 1 aromatic heterocycles. The van der Waals surface area contributed by atoms with Gasteiger partial charge in [-0.3, -0.25) is 0 Å². The number of sulfonamides is 1. The molecule has 0 unspecified atom stereocenters. The highest BCUT2D eigenvalue weighted by Gasteiger charge is 2.31. The van der Waals surface area contributed by atoms with E-state index < -0.39 is 16.2 Å². The minimum atomic E-state index is -3.77. The zero-order valence-electron chi connectivity index (χ0n) is 24.5. The van der Waals surface area contributed by atoms with Crippen LogP contribution in [0.2, 0.25) is 0 Å². The second-order valence-electron chi connectivity index (χ2n) is 10.8. The summed E-state index contributed by atoms with van der Waals surface area (Å²) >= 11 is 0. The number of aromatic amines is 1. The highest BCUT2D eigenvalue weighted by molar-refractivity contribution is 7.89. The number of carbonyl (C=O) groups is 1. The smallest absolute Gasteiger partial charge is 0.493 e. The van der Waals surface area contributed by atoms with Crippen LogP contribution in [0.25, 0.3) is 32.8 Å². The number of aryl methyl sites for hydroxylation is 1. The van der Waals surface area contributed by atoms with E-state index in [4.69, 9.17) is 9.47 Å². The van der Waals surface area contributed by atoms with Gasteiger partial charge in [0.15, 0.2) is 0 Å². The SMILES string of the molecule is CCN1CCN(S(=O)(=O)c2ccccc2-c2cccc3c(CCCOc4cccc5ccccc45)c(OC(=O)O)[nH]c23)CC1. The third-order valence-electron chi connectivity index (χ3n) is 8.24. The number of nitrogens with zero attached hydrogens (tertiary/aromatic N) is 2. The molecule has 0 radical (unpaired) electrons. The number of benzene rings is 4. The van der Waals surface area contributed by atoms with Gasteiger partial charge in [-0.25, -0.2) is 13.2 Å². The molecule has 9 nitrogen and oxygen atoms in total. The van der Waals surface area contributed by atoms with Gasteiger partial charge in [0.05, 0.1) is 17.0 Å². The minimum absolute atomic E-state index is 0.126. The fourth-order valence-electron chi connectivity index (χ4n) is 5.99. The first-order chi connectivity index (χ1) is 21.4. The van der Waals surface area contributed by atoms with Gasteiger partial charge in [0.2, 0.25) is 15.9 Å². The highest BCUT2D eigenvalue weighted by atomic mass is 32.2. The van der Waals surface area contributed by atoms with Crippen LogP contribution in [-0.4, -0.2) is 73.2 Å². The van der Waals surface area contributed by atoms with Crippen molar-refractivity contribution in [3.05, 3.63) is 90.5 Å². The molecular formula is C34H35N3O6S. The van der Waals surface area contributed by atoms with E-state index in [1.165, 1.54) is 0 Å². The Bertz CT molecular complexity index is 1910. The maximum atomic E-state index is 13.9. The van der Waals surface area contributed by atoms with E-state index in [0.717, 1.165) is 28.5 Å². The Kier molecular flexibility index (Phi) is 8.56. The number of hydrogen-bond donors (Lipinski definition) is 2. The molecule has 1 fully saturated rings. The number of ether oxygens (including phenoxy) is 2. The molecule has 1 saturated heterocycles. The topological polar surface area (TPSA) is 112 Å². The molecule has 0 amide bonds. The summed E-state index contributed by atoms with van der Waals surface area (Å²) < 4.78 is 40.6. The van der Waals surface area contributed by atoms with E-state index >= 15 is 0 Å². The summed E-state index contributed by atoms with van der Waals surface area (Å²) in [5, 5.41) is 12.4. The Labute approximate surface area is 256 Å². The molecule has 0 spiro atoms.